The summed E-state index contributed by atoms with van der Waals surface area (Å²) in [5.74, 6) is 0.738. The maximum Gasteiger partial charge on any atom is 0.127 e. The van der Waals surface area contributed by atoms with Gasteiger partial charge in [-0.2, -0.15) is 5.26 Å². The van der Waals surface area contributed by atoms with E-state index in [-0.39, 0.29) is 0 Å². The van der Waals surface area contributed by atoms with Crippen LogP contribution in [0.15, 0.2) is 30.9 Å². The van der Waals surface area contributed by atoms with Crippen molar-refractivity contribution in [3.8, 4) is 6.07 Å². The van der Waals surface area contributed by atoms with E-state index in [1.54, 1.807) is 24.7 Å². The summed E-state index contributed by atoms with van der Waals surface area (Å²) >= 11 is 0. The van der Waals surface area contributed by atoms with Gasteiger partial charge in [-0.3, -0.25) is 0 Å². The van der Waals surface area contributed by atoms with Gasteiger partial charge in [0.05, 0.1) is 18.0 Å². The van der Waals surface area contributed by atoms with Crippen LogP contribution in [0.5, 0.6) is 0 Å². The van der Waals surface area contributed by atoms with E-state index >= 15 is 0 Å². The van der Waals surface area contributed by atoms with Gasteiger partial charge in [-0.15, -0.1) is 0 Å². The molecule has 2 heterocycles. The minimum Gasteiger partial charge on any atom is -0.368 e. The Balaban J connectivity index is 1.95. The van der Waals surface area contributed by atoms with E-state index in [0.29, 0.717) is 5.56 Å². The first-order valence-corrected chi connectivity index (χ1v) is 5.36. The molecule has 0 amide bonds. The summed E-state index contributed by atoms with van der Waals surface area (Å²) in [6.45, 7) is 3.44. The van der Waals surface area contributed by atoms with Crippen LogP contribution in [0.1, 0.15) is 11.3 Å². The first kappa shape index (κ1) is 11.1. The minimum atomic E-state index is 0.627. The molecule has 0 aliphatic rings. The predicted molar refractivity (Wildman–Crippen MR) is 64.4 cm³/mol. The minimum absolute atomic E-state index is 0.627. The van der Waals surface area contributed by atoms with Crippen LogP contribution in [0.2, 0.25) is 0 Å². The molecular formula is C12H13N5. The fourth-order valence-corrected chi connectivity index (χ4v) is 1.56. The fourth-order valence-electron chi connectivity index (χ4n) is 1.56. The Hall–Kier alpha value is -2.35. The van der Waals surface area contributed by atoms with Gasteiger partial charge in [0.25, 0.3) is 0 Å². The van der Waals surface area contributed by atoms with Crippen molar-refractivity contribution in [3.05, 3.63) is 42.1 Å². The third kappa shape index (κ3) is 3.05. The molecule has 0 fully saturated rings. The Morgan fingerprint density at radius 2 is 2.35 bits per heavy atom. The van der Waals surface area contributed by atoms with Crippen LogP contribution in [-0.2, 0) is 6.54 Å². The average molecular weight is 227 g/mol. The third-order valence-corrected chi connectivity index (χ3v) is 2.32. The quantitative estimate of drug-likeness (QED) is 0.861. The van der Waals surface area contributed by atoms with Gasteiger partial charge in [0.15, 0.2) is 0 Å². The summed E-state index contributed by atoms with van der Waals surface area (Å²) in [7, 11) is 0. The normalized spacial score (nSPS) is 9.88. The third-order valence-electron chi connectivity index (χ3n) is 2.32. The van der Waals surface area contributed by atoms with E-state index in [1.807, 2.05) is 17.7 Å². The molecule has 0 saturated heterocycles. The summed E-state index contributed by atoms with van der Waals surface area (Å²) in [4.78, 5) is 8.28. The molecule has 2 aromatic rings. The highest BCUT2D eigenvalue weighted by atomic mass is 15.1. The van der Waals surface area contributed by atoms with Crippen molar-refractivity contribution in [2.75, 3.05) is 11.9 Å². The van der Waals surface area contributed by atoms with E-state index < -0.39 is 0 Å². The van der Waals surface area contributed by atoms with E-state index in [1.165, 1.54) is 0 Å². The molecule has 2 rings (SSSR count). The highest BCUT2D eigenvalue weighted by molar-refractivity contribution is 5.44. The van der Waals surface area contributed by atoms with Crippen molar-refractivity contribution in [1.29, 1.82) is 5.26 Å². The van der Waals surface area contributed by atoms with E-state index in [0.717, 1.165) is 24.6 Å². The molecule has 86 valence electrons. The summed E-state index contributed by atoms with van der Waals surface area (Å²) in [5.41, 5.74) is 1.47. The zero-order chi connectivity index (χ0) is 12.1. The number of pyridine rings is 1. The number of hydrogen-bond donors (Lipinski definition) is 1. The molecule has 0 atom stereocenters. The van der Waals surface area contributed by atoms with Gasteiger partial charge in [0.2, 0.25) is 0 Å². The molecule has 0 aliphatic heterocycles. The lowest BCUT2D eigenvalue weighted by atomic mass is 10.2. The molecule has 1 N–H and O–H groups in total. The van der Waals surface area contributed by atoms with Crippen molar-refractivity contribution in [2.45, 2.75) is 13.5 Å². The molecule has 5 heteroatoms. The fraction of sp³-hybridized carbons (Fsp3) is 0.250. The number of hydrogen-bond acceptors (Lipinski definition) is 4. The van der Waals surface area contributed by atoms with Gasteiger partial charge in [0.1, 0.15) is 5.82 Å². The molecule has 2 aromatic heterocycles. The zero-order valence-electron chi connectivity index (χ0n) is 9.59. The molecule has 0 aromatic carbocycles. The average Bonchev–Trinajstić information content (AvgIpc) is 2.81. The van der Waals surface area contributed by atoms with Gasteiger partial charge in [-0.1, -0.05) is 0 Å². The number of nitriles is 1. The Bertz CT molecular complexity index is 524. The summed E-state index contributed by atoms with van der Waals surface area (Å²) in [6, 6.07) is 5.63. The van der Waals surface area contributed by atoms with Crippen LogP contribution in [-0.4, -0.2) is 21.1 Å². The largest absolute Gasteiger partial charge is 0.368 e. The van der Waals surface area contributed by atoms with Crippen LogP contribution in [0.25, 0.3) is 0 Å². The predicted octanol–water partition coefficient (Wildman–Crippen LogP) is 1.57. The molecule has 0 saturated carbocycles. The summed E-state index contributed by atoms with van der Waals surface area (Å²) < 4.78 is 1.98. The molecular weight excluding hydrogens is 214 g/mol. The van der Waals surface area contributed by atoms with E-state index in [4.69, 9.17) is 5.26 Å². The van der Waals surface area contributed by atoms with Gasteiger partial charge in [0, 0.05) is 31.2 Å². The lowest BCUT2D eigenvalue weighted by Crippen LogP contribution is -2.10. The van der Waals surface area contributed by atoms with Crippen LogP contribution < -0.4 is 5.32 Å². The standard InChI is InChI=1S/C12H13N5/c1-10-6-11(8-13)7-12(16-10)15-3-5-17-4-2-14-9-17/h2,4,6-7,9H,3,5H2,1H3,(H,15,16). The first-order valence-electron chi connectivity index (χ1n) is 5.36. The van der Waals surface area contributed by atoms with Crippen molar-refractivity contribution in [2.24, 2.45) is 0 Å². The molecule has 0 radical (unpaired) electrons. The molecule has 0 aliphatic carbocycles. The van der Waals surface area contributed by atoms with E-state index in [9.17, 15) is 0 Å². The van der Waals surface area contributed by atoms with Crippen molar-refractivity contribution in [1.82, 2.24) is 14.5 Å². The topological polar surface area (TPSA) is 66.5 Å². The highest BCUT2D eigenvalue weighted by Crippen LogP contribution is 2.08. The first-order chi connectivity index (χ1) is 8.28. The highest BCUT2D eigenvalue weighted by Gasteiger charge is 1.99. The number of nitrogens with zero attached hydrogens (tertiary/aromatic N) is 4. The molecule has 0 unspecified atom stereocenters. The van der Waals surface area contributed by atoms with Crippen LogP contribution >= 0.6 is 0 Å². The second kappa shape index (κ2) is 5.12. The smallest absolute Gasteiger partial charge is 0.127 e. The lowest BCUT2D eigenvalue weighted by molar-refractivity contribution is 0.725. The molecule has 0 spiro atoms. The van der Waals surface area contributed by atoms with Gasteiger partial charge < -0.3 is 9.88 Å². The Kier molecular flexibility index (Phi) is 3.36. The number of rotatable bonds is 4. The summed E-state index contributed by atoms with van der Waals surface area (Å²) in [5, 5.41) is 12.0. The Labute approximate surface area is 99.7 Å². The van der Waals surface area contributed by atoms with Crippen molar-refractivity contribution >= 4 is 5.82 Å². The lowest BCUT2D eigenvalue weighted by Gasteiger charge is -2.07. The van der Waals surface area contributed by atoms with Crippen LogP contribution in [0.4, 0.5) is 5.82 Å². The molecule has 17 heavy (non-hydrogen) atoms. The maximum absolute atomic E-state index is 8.84. The molecule has 5 nitrogen and oxygen atoms in total. The second-order valence-electron chi connectivity index (χ2n) is 3.72. The second-order valence-corrected chi connectivity index (χ2v) is 3.72. The number of anilines is 1. The van der Waals surface area contributed by atoms with E-state index in [2.05, 4.69) is 21.4 Å². The SMILES string of the molecule is Cc1cc(C#N)cc(NCCn2ccnc2)n1. The van der Waals surface area contributed by atoms with Crippen molar-refractivity contribution < 1.29 is 0 Å². The maximum atomic E-state index is 8.84. The Morgan fingerprint density at radius 3 is 3.06 bits per heavy atom. The van der Waals surface area contributed by atoms with Gasteiger partial charge in [-0.25, -0.2) is 9.97 Å². The zero-order valence-corrected chi connectivity index (χ0v) is 9.59. The van der Waals surface area contributed by atoms with Crippen molar-refractivity contribution in [3.63, 3.8) is 0 Å². The number of aromatic nitrogens is 3. The molecule has 0 bridgehead atoms. The van der Waals surface area contributed by atoms with Crippen LogP contribution in [0.3, 0.4) is 0 Å². The monoisotopic (exact) mass is 227 g/mol. The number of aryl methyl sites for hydroxylation is 1. The van der Waals surface area contributed by atoms with Gasteiger partial charge in [-0.05, 0) is 19.1 Å². The number of nitrogens with one attached hydrogen (secondary N) is 1. The number of imidazole rings is 1. The van der Waals surface area contributed by atoms with Crippen LogP contribution in [0, 0.1) is 18.3 Å². The Morgan fingerprint density at radius 1 is 1.47 bits per heavy atom. The van der Waals surface area contributed by atoms with Gasteiger partial charge >= 0.3 is 0 Å². The summed E-state index contributed by atoms with van der Waals surface area (Å²) in [6.07, 6.45) is 5.43.